The van der Waals surface area contributed by atoms with Gasteiger partial charge in [-0.3, -0.25) is 4.79 Å². The second-order valence-electron chi connectivity index (χ2n) is 6.71. The molecule has 3 rings (SSSR count). The number of carbonyl (C=O) groups is 2. The number of nitrogens with one attached hydrogen (secondary N) is 1. The molecule has 0 bridgehead atoms. The predicted molar refractivity (Wildman–Crippen MR) is 99.3 cm³/mol. The van der Waals surface area contributed by atoms with Gasteiger partial charge < -0.3 is 14.5 Å². The van der Waals surface area contributed by atoms with E-state index in [0.717, 1.165) is 32.7 Å². The van der Waals surface area contributed by atoms with E-state index >= 15 is 0 Å². The van der Waals surface area contributed by atoms with Crippen LogP contribution in [-0.2, 0) is 11.3 Å². The molecule has 0 unspecified atom stereocenters. The fraction of sp³-hybridized carbons (Fsp3) is 0.333. The minimum absolute atomic E-state index is 0.0244. The molecule has 2 aromatic carbocycles. The normalized spacial score (nSPS) is 14.9. The van der Waals surface area contributed by atoms with E-state index < -0.39 is 5.97 Å². The van der Waals surface area contributed by atoms with Gasteiger partial charge in [-0.15, -0.1) is 0 Å². The SMILES string of the molecule is COC(=O)c1ccc(C(=O)N2CC[NH+](Cc3ccccc3C)CC2)cc1. The fourth-order valence-electron chi connectivity index (χ4n) is 3.33. The molecule has 1 aliphatic rings. The van der Waals surface area contributed by atoms with Crippen molar-refractivity contribution in [3.8, 4) is 0 Å². The van der Waals surface area contributed by atoms with Gasteiger partial charge in [-0.05, 0) is 36.8 Å². The Kier molecular flexibility index (Phi) is 5.68. The topological polar surface area (TPSA) is 51.1 Å². The summed E-state index contributed by atoms with van der Waals surface area (Å²) in [6.07, 6.45) is 0. The lowest BCUT2D eigenvalue weighted by Gasteiger charge is -2.32. The Balaban J connectivity index is 1.56. The first kappa shape index (κ1) is 18.1. The van der Waals surface area contributed by atoms with Crippen molar-refractivity contribution >= 4 is 11.9 Å². The third-order valence-electron chi connectivity index (χ3n) is 5.01. The molecule has 1 heterocycles. The number of hydrogen-bond donors (Lipinski definition) is 1. The van der Waals surface area contributed by atoms with Crippen LogP contribution in [0.15, 0.2) is 48.5 Å². The summed E-state index contributed by atoms with van der Waals surface area (Å²) in [7, 11) is 1.35. The lowest BCUT2D eigenvalue weighted by atomic mass is 10.1. The third kappa shape index (κ3) is 4.11. The zero-order valence-corrected chi connectivity index (χ0v) is 15.3. The Hall–Kier alpha value is -2.66. The molecular weight excluding hydrogens is 328 g/mol. The first-order chi connectivity index (χ1) is 12.6. The number of piperazine rings is 1. The number of carbonyl (C=O) groups excluding carboxylic acids is 2. The molecule has 5 nitrogen and oxygen atoms in total. The molecule has 5 heteroatoms. The molecule has 2 aromatic rings. The number of hydrogen-bond acceptors (Lipinski definition) is 3. The third-order valence-corrected chi connectivity index (χ3v) is 5.01. The van der Waals surface area contributed by atoms with Gasteiger partial charge in [0.15, 0.2) is 0 Å². The summed E-state index contributed by atoms with van der Waals surface area (Å²) in [6.45, 7) is 6.54. The highest BCUT2D eigenvalue weighted by molar-refractivity contribution is 5.96. The van der Waals surface area contributed by atoms with Crippen LogP contribution in [0, 0.1) is 6.92 Å². The molecule has 0 aliphatic carbocycles. The van der Waals surface area contributed by atoms with Crippen molar-refractivity contribution in [3.05, 3.63) is 70.8 Å². The second-order valence-corrected chi connectivity index (χ2v) is 6.71. The highest BCUT2D eigenvalue weighted by Crippen LogP contribution is 2.10. The number of methoxy groups -OCH3 is 1. The maximum absolute atomic E-state index is 12.7. The van der Waals surface area contributed by atoms with Gasteiger partial charge in [-0.1, -0.05) is 24.3 Å². The van der Waals surface area contributed by atoms with Gasteiger partial charge >= 0.3 is 5.97 Å². The van der Waals surface area contributed by atoms with Gasteiger partial charge in [0.05, 0.1) is 38.9 Å². The van der Waals surface area contributed by atoms with Gasteiger partial charge in [0.2, 0.25) is 0 Å². The molecule has 1 aliphatic heterocycles. The Morgan fingerprint density at radius 1 is 1.00 bits per heavy atom. The first-order valence-corrected chi connectivity index (χ1v) is 8.94. The average Bonchev–Trinajstić information content (AvgIpc) is 2.69. The van der Waals surface area contributed by atoms with E-state index in [9.17, 15) is 9.59 Å². The first-order valence-electron chi connectivity index (χ1n) is 8.94. The molecule has 0 aromatic heterocycles. The van der Waals surface area contributed by atoms with Gasteiger partial charge in [0.25, 0.3) is 5.91 Å². The van der Waals surface area contributed by atoms with E-state index in [-0.39, 0.29) is 5.91 Å². The summed E-state index contributed by atoms with van der Waals surface area (Å²) in [4.78, 5) is 27.6. The lowest BCUT2D eigenvalue weighted by Crippen LogP contribution is -3.13. The van der Waals surface area contributed by atoms with Crippen molar-refractivity contribution < 1.29 is 19.2 Å². The van der Waals surface area contributed by atoms with Crippen LogP contribution in [-0.4, -0.2) is 50.1 Å². The summed E-state index contributed by atoms with van der Waals surface area (Å²) in [5.74, 6) is -0.367. The summed E-state index contributed by atoms with van der Waals surface area (Å²) < 4.78 is 4.68. The number of esters is 1. The second kappa shape index (κ2) is 8.15. The summed E-state index contributed by atoms with van der Waals surface area (Å²) in [5.41, 5.74) is 3.77. The quantitative estimate of drug-likeness (QED) is 0.844. The molecule has 0 radical (unpaired) electrons. The Morgan fingerprint density at radius 3 is 2.23 bits per heavy atom. The van der Waals surface area contributed by atoms with E-state index in [4.69, 9.17) is 0 Å². The molecule has 0 atom stereocenters. The van der Waals surface area contributed by atoms with Crippen LogP contribution in [0.1, 0.15) is 31.8 Å². The maximum atomic E-state index is 12.7. The molecule has 136 valence electrons. The number of rotatable bonds is 4. The van der Waals surface area contributed by atoms with Crippen molar-refractivity contribution in [2.24, 2.45) is 0 Å². The van der Waals surface area contributed by atoms with E-state index in [2.05, 4.69) is 35.9 Å². The minimum Gasteiger partial charge on any atom is -0.465 e. The van der Waals surface area contributed by atoms with Gasteiger partial charge in [-0.25, -0.2) is 4.79 Å². The molecule has 26 heavy (non-hydrogen) atoms. The number of benzene rings is 2. The average molecular weight is 353 g/mol. The largest absolute Gasteiger partial charge is 0.465 e. The number of amides is 1. The number of nitrogens with zero attached hydrogens (tertiary/aromatic N) is 1. The minimum atomic E-state index is -0.391. The lowest BCUT2D eigenvalue weighted by molar-refractivity contribution is -0.917. The molecule has 1 amide bonds. The van der Waals surface area contributed by atoms with Crippen LogP contribution >= 0.6 is 0 Å². The highest BCUT2D eigenvalue weighted by atomic mass is 16.5. The van der Waals surface area contributed by atoms with E-state index in [1.807, 2.05) is 4.90 Å². The Bertz CT molecular complexity index is 778. The summed E-state index contributed by atoms with van der Waals surface area (Å²) in [6, 6.07) is 15.1. The predicted octanol–water partition coefficient (Wildman–Crippen LogP) is 1.32. The van der Waals surface area contributed by atoms with Gasteiger partial charge in [-0.2, -0.15) is 0 Å². The van der Waals surface area contributed by atoms with Crippen molar-refractivity contribution in [3.63, 3.8) is 0 Å². The standard InChI is InChI=1S/C21H24N2O3/c1-16-5-3-4-6-19(16)15-22-11-13-23(14-12-22)20(24)17-7-9-18(10-8-17)21(25)26-2/h3-10H,11-15H2,1-2H3/p+1. The molecular formula is C21H25N2O3+. The molecule has 1 fully saturated rings. The summed E-state index contributed by atoms with van der Waals surface area (Å²) >= 11 is 0. The zero-order chi connectivity index (χ0) is 18.5. The van der Waals surface area contributed by atoms with Crippen LogP contribution in [0.25, 0.3) is 0 Å². The number of quaternary nitrogens is 1. The number of aryl methyl sites for hydroxylation is 1. The molecule has 0 saturated carbocycles. The fourth-order valence-corrected chi connectivity index (χ4v) is 3.33. The summed E-state index contributed by atoms with van der Waals surface area (Å²) in [5, 5.41) is 0. The maximum Gasteiger partial charge on any atom is 0.337 e. The van der Waals surface area contributed by atoms with E-state index in [1.54, 1.807) is 24.3 Å². The van der Waals surface area contributed by atoms with Crippen molar-refractivity contribution in [1.82, 2.24) is 4.90 Å². The van der Waals surface area contributed by atoms with Crippen molar-refractivity contribution in [2.75, 3.05) is 33.3 Å². The van der Waals surface area contributed by atoms with Crippen molar-refractivity contribution in [1.29, 1.82) is 0 Å². The van der Waals surface area contributed by atoms with Gasteiger partial charge in [0, 0.05) is 11.1 Å². The Labute approximate surface area is 154 Å². The van der Waals surface area contributed by atoms with Crippen LogP contribution in [0.5, 0.6) is 0 Å². The molecule has 0 spiro atoms. The van der Waals surface area contributed by atoms with Crippen LogP contribution in [0.4, 0.5) is 0 Å². The number of ether oxygens (including phenoxy) is 1. The van der Waals surface area contributed by atoms with E-state index in [0.29, 0.717) is 11.1 Å². The smallest absolute Gasteiger partial charge is 0.337 e. The van der Waals surface area contributed by atoms with Crippen LogP contribution < -0.4 is 4.90 Å². The zero-order valence-electron chi connectivity index (χ0n) is 15.3. The van der Waals surface area contributed by atoms with E-state index in [1.165, 1.54) is 23.1 Å². The van der Waals surface area contributed by atoms with Crippen LogP contribution in [0.3, 0.4) is 0 Å². The monoisotopic (exact) mass is 353 g/mol. The van der Waals surface area contributed by atoms with Crippen LogP contribution in [0.2, 0.25) is 0 Å². The Morgan fingerprint density at radius 2 is 1.62 bits per heavy atom. The highest BCUT2D eigenvalue weighted by Gasteiger charge is 2.25. The molecule has 1 saturated heterocycles. The van der Waals surface area contributed by atoms with Crippen molar-refractivity contribution in [2.45, 2.75) is 13.5 Å². The molecule has 1 N–H and O–H groups in total. The van der Waals surface area contributed by atoms with Gasteiger partial charge in [0.1, 0.15) is 6.54 Å².